The molecule has 0 aliphatic heterocycles. The Morgan fingerprint density at radius 1 is 1.50 bits per heavy atom. The highest BCUT2D eigenvalue weighted by molar-refractivity contribution is 6.30. The smallest absolute Gasteiger partial charge is 0.128 e. The van der Waals surface area contributed by atoms with E-state index < -0.39 is 18.0 Å². The quantitative estimate of drug-likeness (QED) is 0.857. The summed E-state index contributed by atoms with van der Waals surface area (Å²) in [4.78, 5) is 0. The zero-order valence-corrected chi connectivity index (χ0v) is 10.2. The summed E-state index contributed by atoms with van der Waals surface area (Å²) in [6.45, 7) is 3.84. The molecule has 4 heteroatoms. The van der Waals surface area contributed by atoms with E-state index in [0.29, 0.717) is 5.02 Å². The molecule has 0 amide bonds. The molecular formula is C12H17ClFNO. The van der Waals surface area contributed by atoms with E-state index in [4.69, 9.17) is 17.3 Å². The summed E-state index contributed by atoms with van der Waals surface area (Å²) in [5.41, 5.74) is 6.10. The molecule has 1 rings (SSSR count). The normalized spacial score (nSPS) is 16.9. The Labute approximate surface area is 100 Å². The molecule has 0 heterocycles. The molecule has 16 heavy (non-hydrogen) atoms. The highest BCUT2D eigenvalue weighted by atomic mass is 35.5. The van der Waals surface area contributed by atoms with Gasteiger partial charge in [0, 0.05) is 10.6 Å². The van der Waals surface area contributed by atoms with E-state index in [1.54, 1.807) is 0 Å². The molecule has 0 bridgehead atoms. The molecule has 3 N–H and O–H groups in total. The van der Waals surface area contributed by atoms with Crippen molar-refractivity contribution in [3.8, 4) is 0 Å². The summed E-state index contributed by atoms with van der Waals surface area (Å²) in [5, 5.41) is 10.3. The summed E-state index contributed by atoms with van der Waals surface area (Å²) < 4.78 is 13.5. The van der Waals surface area contributed by atoms with Crippen molar-refractivity contribution in [1.82, 2.24) is 0 Å². The van der Waals surface area contributed by atoms with Crippen LogP contribution in [0.15, 0.2) is 18.2 Å². The lowest BCUT2D eigenvalue weighted by atomic mass is 9.91. The van der Waals surface area contributed by atoms with Crippen LogP contribution in [-0.2, 0) is 0 Å². The van der Waals surface area contributed by atoms with E-state index in [1.807, 2.05) is 13.8 Å². The van der Waals surface area contributed by atoms with Gasteiger partial charge >= 0.3 is 0 Å². The van der Waals surface area contributed by atoms with Crippen LogP contribution >= 0.6 is 11.6 Å². The molecule has 3 atom stereocenters. The summed E-state index contributed by atoms with van der Waals surface area (Å²) >= 11 is 5.78. The fourth-order valence-corrected chi connectivity index (χ4v) is 1.73. The first-order valence-corrected chi connectivity index (χ1v) is 5.73. The standard InChI is InChI=1S/C12H17ClFNO/c1-3-7(2)12(16)11(15)9-6-8(13)4-5-10(9)14/h4-7,11-12,16H,3,15H2,1-2H3/t7?,11-,12+/m0/s1. The fraction of sp³-hybridized carbons (Fsp3) is 0.500. The number of rotatable bonds is 4. The third-order valence-corrected chi connectivity index (χ3v) is 3.15. The molecule has 0 aliphatic rings. The van der Waals surface area contributed by atoms with Gasteiger partial charge in [-0.1, -0.05) is 31.9 Å². The molecule has 1 aromatic carbocycles. The van der Waals surface area contributed by atoms with Crippen molar-refractivity contribution in [2.75, 3.05) is 0 Å². The molecule has 0 radical (unpaired) electrons. The summed E-state index contributed by atoms with van der Waals surface area (Å²) in [7, 11) is 0. The van der Waals surface area contributed by atoms with Crippen LogP contribution in [0, 0.1) is 11.7 Å². The zero-order chi connectivity index (χ0) is 12.3. The lowest BCUT2D eigenvalue weighted by Gasteiger charge is -2.24. The average Bonchev–Trinajstić information content (AvgIpc) is 2.29. The molecule has 1 aromatic rings. The Kier molecular flexibility index (Phi) is 4.71. The molecule has 0 aliphatic carbocycles. The van der Waals surface area contributed by atoms with Gasteiger partial charge in [0.1, 0.15) is 5.82 Å². The van der Waals surface area contributed by atoms with E-state index in [9.17, 15) is 9.50 Å². The van der Waals surface area contributed by atoms with E-state index in [1.165, 1.54) is 18.2 Å². The summed E-state index contributed by atoms with van der Waals surface area (Å²) in [6, 6.07) is 3.45. The highest BCUT2D eigenvalue weighted by Gasteiger charge is 2.24. The minimum atomic E-state index is -0.766. The maximum Gasteiger partial charge on any atom is 0.128 e. The number of aliphatic hydroxyl groups excluding tert-OH is 1. The minimum Gasteiger partial charge on any atom is -0.391 e. The van der Waals surface area contributed by atoms with Crippen LogP contribution in [0.25, 0.3) is 0 Å². The van der Waals surface area contributed by atoms with Gasteiger partial charge in [-0.05, 0) is 24.1 Å². The number of halogens is 2. The van der Waals surface area contributed by atoms with Crippen molar-refractivity contribution in [3.63, 3.8) is 0 Å². The zero-order valence-electron chi connectivity index (χ0n) is 9.45. The van der Waals surface area contributed by atoms with Crippen molar-refractivity contribution in [2.24, 2.45) is 11.7 Å². The molecule has 2 nitrogen and oxygen atoms in total. The Balaban J connectivity index is 2.95. The third-order valence-electron chi connectivity index (χ3n) is 2.91. The molecule has 0 saturated heterocycles. The second kappa shape index (κ2) is 5.62. The first-order valence-electron chi connectivity index (χ1n) is 5.36. The number of benzene rings is 1. The maximum absolute atomic E-state index is 13.5. The van der Waals surface area contributed by atoms with Crippen LogP contribution in [0.2, 0.25) is 5.02 Å². The van der Waals surface area contributed by atoms with Gasteiger partial charge in [0.15, 0.2) is 0 Å². The van der Waals surface area contributed by atoms with Crippen LogP contribution < -0.4 is 5.73 Å². The van der Waals surface area contributed by atoms with Crippen molar-refractivity contribution in [2.45, 2.75) is 32.4 Å². The van der Waals surface area contributed by atoms with Crippen LogP contribution in [0.3, 0.4) is 0 Å². The lowest BCUT2D eigenvalue weighted by Crippen LogP contribution is -2.32. The molecule has 0 saturated carbocycles. The van der Waals surface area contributed by atoms with Gasteiger partial charge < -0.3 is 10.8 Å². The van der Waals surface area contributed by atoms with Crippen LogP contribution in [-0.4, -0.2) is 11.2 Å². The van der Waals surface area contributed by atoms with Gasteiger partial charge in [0.25, 0.3) is 0 Å². The molecule has 0 spiro atoms. The second-order valence-corrected chi connectivity index (χ2v) is 4.50. The summed E-state index contributed by atoms with van der Waals surface area (Å²) in [6.07, 6.45) is 0.0230. The van der Waals surface area contributed by atoms with Gasteiger partial charge in [-0.3, -0.25) is 0 Å². The minimum absolute atomic E-state index is 0.0216. The van der Waals surface area contributed by atoms with Gasteiger partial charge in [0.05, 0.1) is 12.1 Å². The number of hydrogen-bond donors (Lipinski definition) is 2. The van der Waals surface area contributed by atoms with Gasteiger partial charge in [-0.15, -0.1) is 0 Å². The molecule has 0 aromatic heterocycles. The van der Waals surface area contributed by atoms with Crippen molar-refractivity contribution < 1.29 is 9.50 Å². The van der Waals surface area contributed by atoms with E-state index in [0.717, 1.165) is 6.42 Å². The Bertz CT molecular complexity index is 359. The molecule has 90 valence electrons. The largest absolute Gasteiger partial charge is 0.391 e. The first kappa shape index (κ1) is 13.4. The molecule has 0 fully saturated rings. The predicted molar refractivity (Wildman–Crippen MR) is 63.8 cm³/mol. The maximum atomic E-state index is 13.5. The van der Waals surface area contributed by atoms with Crippen molar-refractivity contribution in [1.29, 1.82) is 0 Å². The highest BCUT2D eigenvalue weighted by Crippen LogP contribution is 2.26. The van der Waals surface area contributed by atoms with Gasteiger partial charge in [-0.2, -0.15) is 0 Å². The monoisotopic (exact) mass is 245 g/mol. The summed E-state index contributed by atoms with van der Waals surface area (Å²) in [5.74, 6) is -0.410. The van der Waals surface area contributed by atoms with Crippen LogP contribution in [0.5, 0.6) is 0 Å². The SMILES string of the molecule is CCC(C)[C@@H](O)[C@@H](N)c1cc(Cl)ccc1F. The van der Waals surface area contributed by atoms with Crippen LogP contribution in [0.1, 0.15) is 31.9 Å². The van der Waals surface area contributed by atoms with E-state index in [2.05, 4.69) is 0 Å². The average molecular weight is 246 g/mol. The third kappa shape index (κ3) is 2.94. The fourth-order valence-electron chi connectivity index (χ4n) is 1.55. The number of aliphatic hydroxyl groups is 1. The van der Waals surface area contributed by atoms with Crippen LogP contribution in [0.4, 0.5) is 4.39 Å². The molecule has 1 unspecified atom stereocenters. The number of hydrogen-bond acceptors (Lipinski definition) is 2. The Morgan fingerprint density at radius 3 is 2.69 bits per heavy atom. The molecular weight excluding hydrogens is 229 g/mol. The Hall–Kier alpha value is -0.640. The lowest BCUT2D eigenvalue weighted by molar-refractivity contribution is 0.0867. The predicted octanol–water partition coefficient (Wildman–Crippen LogP) is 2.89. The number of nitrogens with two attached hydrogens (primary N) is 1. The van der Waals surface area contributed by atoms with E-state index in [-0.39, 0.29) is 11.5 Å². The van der Waals surface area contributed by atoms with Gasteiger partial charge in [0.2, 0.25) is 0 Å². The van der Waals surface area contributed by atoms with Gasteiger partial charge in [-0.25, -0.2) is 4.39 Å². The second-order valence-electron chi connectivity index (χ2n) is 4.07. The van der Waals surface area contributed by atoms with E-state index >= 15 is 0 Å². The topological polar surface area (TPSA) is 46.2 Å². The Morgan fingerprint density at radius 2 is 2.12 bits per heavy atom. The van der Waals surface area contributed by atoms with Crippen molar-refractivity contribution in [3.05, 3.63) is 34.6 Å². The van der Waals surface area contributed by atoms with Crippen molar-refractivity contribution >= 4 is 11.6 Å². The first-order chi connectivity index (χ1) is 7.47.